The van der Waals surface area contributed by atoms with Crippen LogP contribution >= 0.6 is 11.8 Å². The number of allylic oxidation sites excluding steroid dienone is 7. The quantitative estimate of drug-likeness (QED) is 0.409. The van der Waals surface area contributed by atoms with E-state index in [2.05, 4.69) is 24.4 Å². The van der Waals surface area contributed by atoms with Gasteiger partial charge in [-0.15, -0.1) is 0 Å². The van der Waals surface area contributed by atoms with Gasteiger partial charge < -0.3 is 9.73 Å². The molecule has 1 aliphatic carbocycles. The Hall–Kier alpha value is -2.67. The monoisotopic (exact) mass is 499 g/mol. The molecule has 3 heterocycles. The van der Waals surface area contributed by atoms with Crippen molar-refractivity contribution in [1.82, 2.24) is 5.32 Å². The number of hydrogen-bond acceptors (Lipinski definition) is 3. The highest BCUT2D eigenvalue weighted by Gasteiger charge is 2.46. The van der Waals surface area contributed by atoms with E-state index in [1.807, 2.05) is 30.0 Å². The smallest absolute Gasteiger partial charge is 0.279 e. The lowest BCUT2D eigenvalue weighted by Gasteiger charge is -2.29. The maximum atomic E-state index is 15.4. The van der Waals surface area contributed by atoms with Crippen molar-refractivity contribution in [3.8, 4) is 0 Å². The van der Waals surface area contributed by atoms with Crippen molar-refractivity contribution in [1.29, 1.82) is 0 Å². The Labute approximate surface area is 210 Å². The Kier molecular flexibility index (Phi) is 7.64. The van der Waals surface area contributed by atoms with Crippen molar-refractivity contribution < 1.29 is 22.6 Å². The first-order valence-electron chi connectivity index (χ1n) is 12.2. The number of thioether (sulfide) groups is 1. The number of carbonyl (C=O) groups excluding carboxylic acids is 1. The number of alkyl halides is 2. The third-order valence-corrected chi connectivity index (χ3v) is 8.04. The van der Waals surface area contributed by atoms with Gasteiger partial charge in [-0.3, -0.25) is 4.79 Å². The van der Waals surface area contributed by atoms with Crippen molar-refractivity contribution in [3.05, 3.63) is 75.7 Å². The van der Waals surface area contributed by atoms with Gasteiger partial charge >= 0.3 is 0 Å². The summed E-state index contributed by atoms with van der Waals surface area (Å²) in [5, 5.41) is 5.93. The zero-order valence-electron chi connectivity index (χ0n) is 20.7. The second kappa shape index (κ2) is 10.5. The minimum absolute atomic E-state index is 0.0115. The van der Waals surface area contributed by atoms with Gasteiger partial charge in [-0.05, 0) is 60.0 Å². The number of fused-ring (bicyclic) bond motifs is 1. The highest BCUT2D eigenvalue weighted by atomic mass is 32.2. The van der Waals surface area contributed by atoms with Crippen LogP contribution < -0.4 is 5.32 Å². The fraction of sp³-hybridized carbons (Fsp3) is 0.429. The van der Waals surface area contributed by atoms with Gasteiger partial charge in [-0.25, -0.2) is 13.4 Å². The van der Waals surface area contributed by atoms with Gasteiger partial charge in [0.2, 0.25) is 5.91 Å². The van der Waals surface area contributed by atoms with E-state index < -0.39 is 5.92 Å². The van der Waals surface area contributed by atoms with Gasteiger partial charge in [-0.2, -0.15) is 0 Å². The molecule has 0 saturated carbocycles. The fourth-order valence-corrected chi connectivity index (χ4v) is 5.86. The molecular weight excluding hydrogens is 466 g/mol. The molecule has 3 aliphatic rings. The molecule has 1 aromatic rings. The van der Waals surface area contributed by atoms with Gasteiger partial charge in [-0.1, -0.05) is 44.7 Å². The summed E-state index contributed by atoms with van der Waals surface area (Å²) in [7, 11) is 1.81. The summed E-state index contributed by atoms with van der Waals surface area (Å²) >= 11 is 1.52. The minimum atomic E-state index is -2.99. The Bertz CT molecular complexity index is 1170. The first-order valence-corrected chi connectivity index (χ1v) is 13.1. The average Bonchev–Trinajstić information content (AvgIpc) is 3.29. The lowest BCUT2D eigenvalue weighted by molar-refractivity contribution is -0.451. The lowest BCUT2D eigenvalue weighted by atomic mass is 9.79. The third-order valence-electron chi connectivity index (χ3n) is 7.08. The van der Waals surface area contributed by atoms with Gasteiger partial charge in [0.15, 0.2) is 11.4 Å². The Morgan fingerprint density at radius 1 is 1.34 bits per heavy atom. The van der Waals surface area contributed by atoms with Crippen LogP contribution in [0.2, 0.25) is 0 Å². The maximum Gasteiger partial charge on any atom is 0.279 e. The van der Waals surface area contributed by atoms with Crippen molar-refractivity contribution in [2.24, 2.45) is 11.8 Å². The van der Waals surface area contributed by atoms with Gasteiger partial charge in [0.1, 0.15) is 13.5 Å². The maximum absolute atomic E-state index is 15.4. The molecule has 186 valence electrons. The summed E-state index contributed by atoms with van der Waals surface area (Å²) in [6, 6.07) is 1.79. The molecule has 1 aromatic heterocycles. The SMILES string of the molecule is CCC1=C(NC(=O)CC2=CC(C)C3CC=C(c4ccoc4)C=C(C(F)(F)CC)C3=[N+]2C)SC=CC1. The van der Waals surface area contributed by atoms with E-state index in [1.54, 1.807) is 24.7 Å². The Balaban J connectivity index is 1.69. The number of nitrogens with one attached hydrogen (secondary N) is 1. The average molecular weight is 500 g/mol. The van der Waals surface area contributed by atoms with Crippen LogP contribution in [0.15, 0.2) is 74.6 Å². The molecule has 0 bridgehead atoms. The van der Waals surface area contributed by atoms with Gasteiger partial charge in [0, 0.05) is 12.0 Å². The standard InChI is InChI=1S/C28H32F2N2O2S/c1-5-19-8-7-13-35-27(19)31-25(33)16-22-14-18(3)23-10-9-20(21-11-12-34-17-21)15-24(26(23)32(22)4)28(29,30)6-2/h7,9,11-15,17-18,23H,5-6,8,10,16H2,1-4H3/p+1. The first-order chi connectivity index (χ1) is 16.7. The summed E-state index contributed by atoms with van der Waals surface area (Å²) in [4.78, 5) is 13.0. The molecule has 2 unspecified atom stereocenters. The van der Waals surface area contributed by atoms with E-state index in [1.165, 1.54) is 24.3 Å². The van der Waals surface area contributed by atoms with E-state index in [0.29, 0.717) is 12.1 Å². The molecular formula is C28H33F2N2O2S+. The second-order valence-corrected chi connectivity index (χ2v) is 10.2. The van der Waals surface area contributed by atoms with Crippen LogP contribution in [0, 0.1) is 11.8 Å². The molecule has 0 radical (unpaired) electrons. The number of furan rings is 1. The van der Waals surface area contributed by atoms with E-state index in [0.717, 1.165) is 34.7 Å². The molecule has 0 aromatic carbocycles. The summed E-state index contributed by atoms with van der Waals surface area (Å²) in [6.07, 6.45) is 13.1. The van der Waals surface area contributed by atoms with E-state index >= 15 is 8.78 Å². The van der Waals surface area contributed by atoms with Crippen molar-refractivity contribution in [2.45, 2.75) is 58.8 Å². The predicted octanol–water partition coefficient (Wildman–Crippen LogP) is 7.05. The Morgan fingerprint density at radius 3 is 2.83 bits per heavy atom. The summed E-state index contributed by atoms with van der Waals surface area (Å²) in [5.41, 5.74) is 4.11. The summed E-state index contributed by atoms with van der Waals surface area (Å²) in [6.45, 7) is 5.64. The number of halogens is 2. The van der Waals surface area contributed by atoms with Gasteiger partial charge in [0.25, 0.3) is 5.92 Å². The lowest BCUT2D eigenvalue weighted by Crippen LogP contribution is -2.40. The van der Waals surface area contributed by atoms with Crippen LogP contribution in [-0.2, 0) is 4.79 Å². The number of amides is 1. The van der Waals surface area contributed by atoms with Crippen LogP contribution in [0.4, 0.5) is 8.78 Å². The number of carbonyl (C=O) groups is 1. The molecule has 2 aliphatic heterocycles. The van der Waals surface area contributed by atoms with Crippen LogP contribution in [-0.4, -0.2) is 29.2 Å². The predicted molar refractivity (Wildman–Crippen MR) is 138 cm³/mol. The topological polar surface area (TPSA) is 45.2 Å². The zero-order chi connectivity index (χ0) is 25.2. The summed E-state index contributed by atoms with van der Waals surface area (Å²) in [5.74, 6) is -3.21. The highest BCUT2D eigenvalue weighted by molar-refractivity contribution is 8.05. The molecule has 1 N–H and O–H groups in total. The number of hydrogen-bond donors (Lipinski definition) is 1. The number of nitrogens with zero attached hydrogens (tertiary/aromatic N) is 1. The van der Waals surface area contributed by atoms with Crippen LogP contribution in [0.3, 0.4) is 0 Å². The van der Waals surface area contributed by atoms with Crippen molar-refractivity contribution >= 4 is 29.0 Å². The largest absolute Gasteiger partial charge is 0.472 e. The Morgan fingerprint density at radius 2 is 2.14 bits per heavy atom. The third kappa shape index (κ3) is 5.30. The van der Waals surface area contributed by atoms with E-state index in [-0.39, 0.29) is 36.2 Å². The van der Waals surface area contributed by atoms with Crippen molar-refractivity contribution in [3.63, 3.8) is 0 Å². The summed E-state index contributed by atoms with van der Waals surface area (Å²) < 4.78 is 37.9. The second-order valence-electron chi connectivity index (χ2n) is 9.30. The highest BCUT2D eigenvalue weighted by Crippen LogP contribution is 2.41. The molecule has 35 heavy (non-hydrogen) atoms. The molecule has 0 fully saturated rings. The zero-order valence-corrected chi connectivity index (χ0v) is 21.6. The molecule has 4 nitrogen and oxygen atoms in total. The first kappa shape index (κ1) is 25.4. The van der Waals surface area contributed by atoms with E-state index in [4.69, 9.17) is 4.42 Å². The number of rotatable bonds is 7. The molecule has 7 heteroatoms. The molecule has 1 amide bonds. The van der Waals surface area contributed by atoms with E-state index in [9.17, 15) is 4.79 Å². The van der Waals surface area contributed by atoms with Crippen LogP contribution in [0.25, 0.3) is 5.57 Å². The minimum Gasteiger partial charge on any atom is -0.472 e. The molecule has 0 saturated heterocycles. The normalized spacial score (nSPS) is 22.9. The van der Waals surface area contributed by atoms with Gasteiger partial charge in [0.05, 0.1) is 29.0 Å². The van der Waals surface area contributed by atoms with Crippen LogP contribution in [0.1, 0.15) is 58.4 Å². The fourth-order valence-electron chi connectivity index (χ4n) is 4.96. The molecule has 0 spiro atoms. The van der Waals surface area contributed by atoms with Crippen molar-refractivity contribution in [2.75, 3.05) is 7.05 Å². The molecule has 2 atom stereocenters. The molecule has 4 rings (SSSR count). The van der Waals surface area contributed by atoms with Crippen LogP contribution in [0.5, 0.6) is 0 Å².